The highest BCUT2D eigenvalue weighted by atomic mass is 16.4. The van der Waals surface area contributed by atoms with Gasteiger partial charge in [-0.1, -0.05) is 34.1 Å². The van der Waals surface area contributed by atoms with E-state index < -0.39 is 53.8 Å². The molecule has 0 aromatic carbocycles. The maximum Gasteiger partial charge on any atom is 0.326 e. The minimum absolute atomic E-state index is 0.145. The quantitative estimate of drug-likeness (QED) is 0.255. The third-order valence-electron chi connectivity index (χ3n) is 5.94. The van der Waals surface area contributed by atoms with E-state index in [0.717, 1.165) is 0 Å². The first kappa shape index (κ1) is 28.3. The number of nitrogens with two attached hydrogens (primary N) is 1. The van der Waals surface area contributed by atoms with Crippen LogP contribution in [-0.2, 0) is 24.0 Å². The number of hydrogen-bond donors (Lipinski definition) is 5. The van der Waals surface area contributed by atoms with Crippen LogP contribution in [0, 0.1) is 11.8 Å². The first-order valence-electron chi connectivity index (χ1n) is 11.5. The summed E-state index contributed by atoms with van der Waals surface area (Å²) in [4.78, 5) is 62.6. The highest BCUT2D eigenvalue weighted by Crippen LogP contribution is 2.21. The maximum atomic E-state index is 13.2. The van der Waals surface area contributed by atoms with E-state index in [-0.39, 0.29) is 31.2 Å². The molecule has 1 fully saturated rings. The van der Waals surface area contributed by atoms with Crippen LogP contribution in [-0.4, -0.2) is 75.5 Å². The monoisotopic (exact) mass is 470 g/mol. The lowest BCUT2D eigenvalue weighted by molar-refractivity contribution is -0.150. The third kappa shape index (κ3) is 8.64. The Balaban J connectivity index is 3.04. The van der Waals surface area contributed by atoms with Gasteiger partial charge in [0, 0.05) is 13.0 Å². The SMILES string of the molecule is CCC(C)C(NC(=O)C(CCC(=O)O)NC(=O)C(N)CC(C)C)C(=O)N1CCCC1C(=O)O. The van der Waals surface area contributed by atoms with Gasteiger partial charge < -0.3 is 31.5 Å². The molecule has 188 valence electrons. The van der Waals surface area contributed by atoms with Crippen molar-refractivity contribution in [3.8, 4) is 0 Å². The molecule has 0 saturated carbocycles. The number of hydrogen-bond acceptors (Lipinski definition) is 6. The normalized spacial score (nSPS) is 19.5. The molecular weight excluding hydrogens is 432 g/mol. The standard InChI is InChI=1S/C22H38N4O7/c1-5-13(4)18(21(31)26-10-6-7-16(26)22(32)33)25-20(30)15(8-9-17(27)28)24-19(29)14(23)11-12(2)3/h12-16,18H,5-11,23H2,1-4H3,(H,24,29)(H,25,30)(H,27,28)(H,32,33). The van der Waals surface area contributed by atoms with Gasteiger partial charge in [-0.3, -0.25) is 19.2 Å². The number of carboxylic acid groups (broad SMARTS) is 2. The molecule has 0 aromatic heterocycles. The van der Waals surface area contributed by atoms with Gasteiger partial charge in [-0.2, -0.15) is 0 Å². The van der Waals surface area contributed by atoms with Crippen molar-refractivity contribution in [2.24, 2.45) is 17.6 Å². The zero-order valence-corrected chi connectivity index (χ0v) is 19.9. The van der Waals surface area contributed by atoms with Crippen molar-refractivity contribution in [2.45, 2.75) is 90.4 Å². The van der Waals surface area contributed by atoms with Gasteiger partial charge in [0.05, 0.1) is 6.04 Å². The first-order chi connectivity index (χ1) is 15.4. The molecule has 0 radical (unpaired) electrons. The van der Waals surface area contributed by atoms with Crippen LogP contribution in [0.3, 0.4) is 0 Å². The third-order valence-corrected chi connectivity index (χ3v) is 5.94. The Bertz CT molecular complexity index is 728. The smallest absolute Gasteiger partial charge is 0.326 e. The predicted octanol–water partition coefficient (Wildman–Crippen LogP) is 0.316. The van der Waals surface area contributed by atoms with Crippen LogP contribution in [0.1, 0.15) is 66.2 Å². The van der Waals surface area contributed by atoms with Crippen molar-refractivity contribution in [1.29, 1.82) is 0 Å². The Morgan fingerprint density at radius 2 is 1.70 bits per heavy atom. The van der Waals surface area contributed by atoms with Crippen molar-refractivity contribution in [3.63, 3.8) is 0 Å². The van der Waals surface area contributed by atoms with Gasteiger partial charge >= 0.3 is 11.9 Å². The van der Waals surface area contributed by atoms with Gasteiger partial charge in [-0.15, -0.1) is 0 Å². The number of carboxylic acids is 2. The molecule has 1 aliphatic rings. The molecule has 11 heteroatoms. The Morgan fingerprint density at radius 1 is 1.06 bits per heavy atom. The lowest BCUT2D eigenvalue weighted by Gasteiger charge is -2.31. The van der Waals surface area contributed by atoms with Crippen LogP contribution in [0.2, 0.25) is 0 Å². The summed E-state index contributed by atoms with van der Waals surface area (Å²) < 4.78 is 0. The average molecular weight is 471 g/mol. The molecule has 1 rings (SSSR count). The Morgan fingerprint density at radius 3 is 2.21 bits per heavy atom. The molecule has 11 nitrogen and oxygen atoms in total. The summed E-state index contributed by atoms with van der Waals surface area (Å²) in [6, 6.07) is -4.01. The number of carbonyl (C=O) groups is 5. The lowest BCUT2D eigenvalue weighted by atomic mass is 9.96. The Kier molecular flexibility index (Phi) is 11.3. The molecule has 6 N–H and O–H groups in total. The molecule has 5 atom stereocenters. The Labute approximate surface area is 194 Å². The van der Waals surface area contributed by atoms with Crippen molar-refractivity contribution in [2.75, 3.05) is 6.54 Å². The maximum absolute atomic E-state index is 13.2. The molecule has 0 bridgehead atoms. The minimum atomic E-state index is -1.19. The number of carbonyl (C=O) groups excluding carboxylic acids is 3. The van der Waals surface area contributed by atoms with Gasteiger partial charge in [-0.25, -0.2) is 4.79 Å². The van der Waals surface area contributed by atoms with E-state index in [2.05, 4.69) is 10.6 Å². The number of rotatable bonds is 13. The lowest BCUT2D eigenvalue weighted by Crippen LogP contribution is -2.58. The van der Waals surface area contributed by atoms with Gasteiger partial charge in [0.15, 0.2) is 0 Å². The Hall–Kier alpha value is -2.69. The molecule has 3 amide bonds. The van der Waals surface area contributed by atoms with Crippen LogP contribution >= 0.6 is 0 Å². The predicted molar refractivity (Wildman–Crippen MR) is 120 cm³/mol. The molecule has 33 heavy (non-hydrogen) atoms. The molecular formula is C22H38N4O7. The molecule has 1 heterocycles. The van der Waals surface area contributed by atoms with Crippen LogP contribution in [0.5, 0.6) is 0 Å². The van der Waals surface area contributed by atoms with Crippen molar-refractivity contribution in [1.82, 2.24) is 15.5 Å². The summed E-state index contributed by atoms with van der Waals surface area (Å²) in [6.07, 6.45) is 1.27. The fraction of sp³-hybridized carbons (Fsp3) is 0.773. The van der Waals surface area contributed by atoms with Crippen LogP contribution in [0.15, 0.2) is 0 Å². The topological polar surface area (TPSA) is 179 Å². The second kappa shape index (κ2) is 13.1. The number of nitrogens with zero attached hydrogens (tertiary/aromatic N) is 1. The van der Waals surface area contributed by atoms with Crippen LogP contribution in [0.4, 0.5) is 0 Å². The van der Waals surface area contributed by atoms with Gasteiger partial charge in [0.2, 0.25) is 17.7 Å². The van der Waals surface area contributed by atoms with E-state index in [1.54, 1.807) is 6.92 Å². The second-order valence-corrected chi connectivity index (χ2v) is 9.13. The van der Waals surface area contributed by atoms with Crippen LogP contribution in [0.25, 0.3) is 0 Å². The van der Waals surface area contributed by atoms with E-state index in [1.165, 1.54) is 4.90 Å². The number of likely N-dealkylation sites (tertiary alicyclic amines) is 1. The average Bonchev–Trinajstić information content (AvgIpc) is 3.23. The molecule has 0 spiro atoms. The molecule has 0 aliphatic carbocycles. The highest BCUT2D eigenvalue weighted by Gasteiger charge is 2.40. The summed E-state index contributed by atoms with van der Waals surface area (Å²) in [5, 5.41) is 23.6. The number of amides is 3. The van der Waals surface area contributed by atoms with E-state index in [0.29, 0.717) is 25.7 Å². The summed E-state index contributed by atoms with van der Waals surface area (Å²) in [7, 11) is 0. The zero-order chi connectivity index (χ0) is 25.3. The largest absolute Gasteiger partial charge is 0.481 e. The molecule has 1 saturated heterocycles. The van der Waals surface area contributed by atoms with E-state index in [1.807, 2.05) is 20.8 Å². The van der Waals surface area contributed by atoms with E-state index in [9.17, 15) is 29.1 Å². The van der Waals surface area contributed by atoms with Crippen molar-refractivity contribution >= 4 is 29.7 Å². The van der Waals surface area contributed by atoms with Gasteiger partial charge in [-0.05, 0) is 37.5 Å². The summed E-state index contributed by atoms with van der Waals surface area (Å²) in [6.45, 7) is 7.67. The number of nitrogens with one attached hydrogen (secondary N) is 2. The van der Waals surface area contributed by atoms with Crippen LogP contribution < -0.4 is 16.4 Å². The van der Waals surface area contributed by atoms with E-state index >= 15 is 0 Å². The van der Waals surface area contributed by atoms with Crippen molar-refractivity contribution in [3.05, 3.63) is 0 Å². The summed E-state index contributed by atoms with van der Waals surface area (Å²) >= 11 is 0. The summed E-state index contributed by atoms with van der Waals surface area (Å²) in [5.41, 5.74) is 5.89. The van der Waals surface area contributed by atoms with Gasteiger partial charge in [0.1, 0.15) is 18.1 Å². The van der Waals surface area contributed by atoms with Crippen molar-refractivity contribution < 1.29 is 34.2 Å². The molecule has 5 unspecified atom stereocenters. The first-order valence-corrected chi connectivity index (χ1v) is 11.5. The zero-order valence-electron chi connectivity index (χ0n) is 19.9. The molecule has 0 aromatic rings. The van der Waals surface area contributed by atoms with Gasteiger partial charge in [0.25, 0.3) is 0 Å². The fourth-order valence-electron chi connectivity index (χ4n) is 3.83. The molecule has 1 aliphatic heterocycles. The minimum Gasteiger partial charge on any atom is -0.481 e. The summed E-state index contributed by atoms with van der Waals surface area (Å²) in [5.74, 6) is -4.17. The second-order valence-electron chi connectivity index (χ2n) is 9.13. The fourth-order valence-corrected chi connectivity index (χ4v) is 3.83. The number of aliphatic carboxylic acids is 2. The highest BCUT2D eigenvalue weighted by molar-refractivity contribution is 5.94. The van der Waals surface area contributed by atoms with E-state index in [4.69, 9.17) is 10.8 Å².